The van der Waals surface area contributed by atoms with E-state index in [0.29, 0.717) is 46.2 Å². The first-order valence-corrected chi connectivity index (χ1v) is 13.7. The molecule has 1 aliphatic heterocycles. The Morgan fingerprint density at radius 2 is 1.71 bits per heavy atom. The Balaban J connectivity index is 1.29. The highest BCUT2D eigenvalue weighted by Crippen LogP contribution is 2.39. The van der Waals surface area contributed by atoms with Crippen molar-refractivity contribution in [1.82, 2.24) is 20.4 Å². The second-order valence-corrected chi connectivity index (χ2v) is 10.8. The number of thioether (sulfide) groups is 1. The molecule has 0 aliphatic carbocycles. The summed E-state index contributed by atoms with van der Waals surface area (Å²) < 4.78 is 23.2. The van der Waals surface area contributed by atoms with Crippen LogP contribution in [0.5, 0.6) is 0 Å². The number of aliphatic hydroxyl groups is 3. The molecular weight excluding hydrogens is 568 g/mol. The normalized spacial score (nSPS) is 15.9. The summed E-state index contributed by atoms with van der Waals surface area (Å²) in [5, 5.41) is 36.8. The molecule has 4 aromatic rings. The monoisotopic (exact) mass is 595 g/mol. The molecule has 2 aromatic heterocycles. The minimum absolute atomic E-state index is 0.141. The lowest BCUT2D eigenvalue weighted by Crippen LogP contribution is -2.54. The van der Waals surface area contributed by atoms with Crippen LogP contribution in [0.2, 0.25) is 0 Å². The molecule has 5 rings (SSSR count). The van der Waals surface area contributed by atoms with Crippen molar-refractivity contribution in [2.24, 2.45) is 0 Å². The highest BCUT2D eigenvalue weighted by atomic mass is 32.2. The minimum Gasteiger partial charge on any atom is -0.382 e. The van der Waals surface area contributed by atoms with Gasteiger partial charge in [-0.05, 0) is 40.2 Å². The van der Waals surface area contributed by atoms with Crippen LogP contribution < -0.4 is 11.1 Å². The molecule has 1 aliphatic rings. The summed E-state index contributed by atoms with van der Waals surface area (Å²) in [6.07, 6.45) is 3.49. The zero-order valence-corrected chi connectivity index (χ0v) is 23.0. The van der Waals surface area contributed by atoms with Crippen LogP contribution in [0.3, 0.4) is 0 Å². The van der Waals surface area contributed by atoms with Gasteiger partial charge in [-0.1, -0.05) is 53.3 Å². The van der Waals surface area contributed by atoms with Crippen molar-refractivity contribution in [2.45, 2.75) is 41.1 Å². The third kappa shape index (κ3) is 6.96. The van der Waals surface area contributed by atoms with E-state index in [1.807, 2.05) is 24.3 Å². The number of aromatic nitrogens is 3. The molecule has 0 amide bonds. The standard InChI is InChI=1S/C27H27BFN5O7S/c28-26(35,36)27(37,40-41-29)42-20-7-5-18(6-8-20)22-15-32-25(30)24(33-22)23-13-21(34-39-23)17-3-1-16(2-4-17)14-31-19-9-11-38-12-10-19/h1-8,13,15,19,31,35-37H,9-12,14H2,(H2,30,32). The lowest BCUT2D eigenvalue weighted by molar-refractivity contribution is -0.511. The molecule has 6 N–H and O–H groups in total. The van der Waals surface area contributed by atoms with Gasteiger partial charge in [-0.25, -0.2) is 9.97 Å². The fourth-order valence-corrected chi connectivity index (χ4v) is 5.05. The number of nitrogens with zero attached hydrogens (tertiary/aromatic N) is 3. The number of hydrogen-bond donors (Lipinski definition) is 5. The van der Waals surface area contributed by atoms with Crippen LogP contribution in [0.4, 0.5) is 10.3 Å². The molecule has 0 saturated carbocycles. The van der Waals surface area contributed by atoms with Gasteiger partial charge < -0.3 is 35.6 Å². The second kappa shape index (κ2) is 12.8. The number of ether oxygens (including phenoxy) is 1. The molecule has 0 bridgehead atoms. The Labute approximate surface area is 245 Å². The largest absolute Gasteiger partial charge is 0.382 e. The van der Waals surface area contributed by atoms with E-state index in [-0.39, 0.29) is 10.7 Å². The summed E-state index contributed by atoms with van der Waals surface area (Å²) in [6.45, 7) is 2.35. The number of nitrogens with two attached hydrogens (primary N) is 1. The fourth-order valence-electron chi connectivity index (χ4n) is 4.25. The minimum atomic E-state index is -3.35. The SMILES string of the molecule is [B]C(O)(O)C(O)(OOF)Sc1ccc(-c2cnc(N)c(-c3cc(-c4ccc(CNC5CCOCC5)cc4)no3)n2)cc1. The fraction of sp³-hybridized carbons (Fsp3) is 0.296. The predicted molar refractivity (Wildman–Crippen MR) is 151 cm³/mol. The van der Waals surface area contributed by atoms with Gasteiger partial charge in [-0.2, -0.15) is 0 Å². The quantitative estimate of drug-likeness (QED) is 0.0563. The van der Waals surface area contributed by atoms with Crippen molar-refractivity contribution in [3.05, 3.63) is 66.4 Å². The first-order valence-electron chi connectivity index (χ1n) is 12.9. The highest BCUT2D eigenvalue weighted by molar-refractivity contribution is 8.00. The van der Waals surface area contributed by atoms with Crippen molar-refractivity contribution in [1.29, 1.82) is 0 Å². The highest BCUT2D eigenvalue weighted by Gasteiger charge is 2.48. The Morgan fingerprint density at radius 3 is 2.38 bits per heavy atom. The van der Waals surface area contributed by atoms with Crippen molar-refractivity contribution < 1.29 is 39.1 Å². The van der Waals surface area contributed by atoms with Gasteiger partial charge in [-0.3, -0.25) is 0 Å². The number of anilines is 1. The van der Waals surface area contributed by atoms with Crippen LogP contribution in [0, 0.1) is 0 Å². The lowest BCUT2D eigenvalue weighted by atomic mass is 9.94. The van der Waals surface area contributed by atoms with E-state index >= 15 is 0 Å². The Kier molecular flexibility index (Phi) is 9.20. The molecule has 42 heavy (non-hydrogen) atoms. The molecule has 1 saturated heterocycles. The summed E-state index contributed by atoms with van der Waals surface area (Å²) in [7, 11) is 5.06. The first kappa shape index (κ1) is 30.1. The van der Waals surface area contributed by atoms with Gasteiger partial charge in [0, 0.05) is 47.9 Å². The maximum Gasteiger partial charge on any atom is 0.298 e. The van der Waals surface area contributed by atoms with E-state index in [4.69, 9.17) is 22.8 Å². The zero-order chi connectivity index (χ0) is 29.7. The smallest absolute Gasteiger partial charge is 0.298 e. The predicted octanol–water partition coefficient (Wildman–Crippen LogP) is 2.69. The third-order valence-corrected chi connectivity index (χ3v) is 7.78. The average Bonchev–Trinajstić information content (AvgIpc) is 3.47. The van der Waals surface area contributed by atoms with E-state index in [9.17, 15) is 19.8 Å². The van der Waals surface area contributed by atoms with Gasteiger partial charge in [0.25, 0.3) is 5.12 Å². The Hall–Kier alpha value is -3.41. The summed E-state index contributed by atoms with van der Waals surface area (Å²) in [5.74, 6) is 0.467. The molecular formula is C27H27BFN5O7S. The van der Waals surface area contributed by atoms with Gasteiger partial charge in [-0.15, -0.1) is 4.89 Å². The van der Waals surface area contributed by atoms with E-state index < -0.39 is 10.8 Å². The number of rotatable bonds is 11. The molecule has 15 heteroatoms. The zero-order valence-electron chi connectivity index (χ0n) is 22.1. The van der Waals surface area contributed by atoms with E-state index in [1.54, 1.807) is 18.2 Å². The first-order chi connectivity index (χ1) is 20.1. The van der Waals surface area contributed by atoms with Gasteiger partial charge in [0.15, 0.2) is 30.8 Å². The van der Waals surface area contributed by atoms with Crippen LogP contribution in [0.1, 0.15) is 18.4 Å². The molecule has 2 radical (unpaired) electrons. The third-order valence-electron chi connectivity index (χ3n) is 6.63. The molecule has 1 atom stereocenters. The number of nitrogens with one attached hydrogen (secondary N) is 1. The second-order valence-electron chi connectivity index (χ2n) is 9.61. The summed E-state index contributed by atoms with van der Waals surface area (Å²) in [5.41, 5.74) is 6.71. The average molecular weight is 595 g/mol. The number of halogens is 1. The lowest BCUT2D eigenvalue weighted by Gasteiger charge is -2.33. The van der Waals surface area contributed by atoms with E-state index in [2.05, 4.69) is 30.4 Å². The van der Waals surface area contributed by atoms with E-state index in [1.165, 1.54) is 18.3 Å². The van der Waals surface area contributed by atoms with Crippen LogP contribution in [0.25, 0.3) is 34.0 Å². The maximum absolute atomic E-state index is 12.2. The van der Waals surface area contributed by atoms with Gasteiger partial charge >= 0.3 is 0 Å². The molecule has 1 fully saturated rings. The van der Waals surface area contributed by atoms with Crippen LogP contribution in [0.15, 0.2) is 70.2 Å². The van der Waals surface area contributed by atoms with Crippen LogP contribution in [-0.2, 0) is 21.3 Å². The van der Waals surface area contributed by atoms with Gasteiger partial charge in [0.05, 0.1) is 11.9 Å². The Bertz CT molecular complexity index is 1480. The molecule has 0 spiro atoms. The summed E-state index contributed by atoms with van der Waals surface area (Å²) >= 11 is 0.295. The number of nitrogen functional groups attached to an aromatic ring is 1. The van der Waals surface area contributed by atoms with Crippen molar-refractivity contribution >= 4 is 25.4 Å². The van der Waals surface area contributed by atoms with Crippen molar-refractivity contribution in [3.63, 3.8) is 0 Å². The van der Waals surface area contributed by atoms with Crippen LogP contribution in [-0.4, -0.2) is 68.4 Å². The van der Waals surface area contributed by atoms with Gasteiger partial charge in [0.1, 0.15) is 5.69 Å². The Morgan fingerprint density at radius 1 is 1.05 bits per heavy atom. The molecule has 12 nitrogen and oxygen atoms in total. The molecule has 3 heterocycles. The number of benzene rings is 2. The van der Waals surface area contributed by atoms with Crippen molar-refractivity contribution in [3.8, 4) is 34.0 Å². The van der Waals surface area contributed by atoms with E-state index in [0.717, 1.165) is 43.7 Å². The van der Waals surface area contributed by atoms with Crippen LogP contribution >= 0.6 is 11.8 Å². The van der Waals surface area contributed by atoms with Crippen molar-refractivity contribution in [2.75, 3.05) is 18.9 Å². The maximum atomic E-state index is 12.2. The molecule has 218 valence electrons. The topological polar surface area (TPSA) is 178 Å². The molecule has 2 aromatic carbocycles. The van der Waals surface area contributed by atoms with Gasteiger partial charge in [0.2, 0.25) is 0 Å². The summed E-state index contributed by atoms with van der Waals surface area (Å²) in [6, 6.07) is 16.4. The summed E-state index contributed by atoms with van der Waals surface area (Å²) in [4.78, 5) is 13.0. The molecule has 1 unspecified atom stereocenters. The number of hydrogen-bond acceptors (Lipinski definition) is 13.